The van der Waals surface area contributed by atoms with E-state index in [1.54, 1.807) is 12.3 Å². The van der Waals surface area contributed by atoms with Gasteiger partial charge in [0.2, 0.25) is 5.95 Å². The molecule has 0 saturated heterocycles. The van der Waals surface area contributed by atoms with E-state index >= 15 is 0 Å². The summed E-state index contributed by atoms with van der Waals surface area (Å²) in [7, 11) is 0. The Morgan fingerprint density at radius 1 is 1.59 bits per heavy atom. The minimum atomic E-state index is -0.516. The highest BCUT2D eigenvalue weighted by Crippen LogP contribution is 2.06. The van der Waals surface area contributed by atoms with Crippen LogP contribution in [0, 0.1) is 0 Å². The number of hydrogen-bond acceptors (Lipinski definition) is 5. The zero-order valence-electron chi connectivity index (χ0n) is 9.29. The van der Waals surface area contributed by atoms with Crippen molar-refractivity contribution in [2.24, 2.45) is 5.73 Å². The van der Waals surface area contributed by atoms with Crippen molar-refractivity contribution in [2.45, 2.75) is 6.92 Å². The lowest BCUT2D eigenvalue weighted by Gasteiger charge is -2.03. The lowest BCUT2D eigenvalue weighted by molar-refractivity contribution is 0.100. The van der Waals surface area contributed by atoms with Gasteiger partial charge < -0.3 is 11.1 Å². The van der Waals surface area contributed by atoms with Crippen LogP contribution in [0.3, 0.4) is 0 Å². The molecule has 0 fully saturated rings. The molecule has 0 unspecified atom stereocenters. The summed E-state index contributed by atoms with van der Waals surface area (Å²) in [6.07, 6.45) is 4.55. The zero-order valence-corrected chi connectivity index (χ0v) is 9.29. The van der Waals surface area contributed by atoms with Gasteiger partial charge in [0.05, 0.1) is 11.8 Å². The summed E-state index contributed by atoms with van der Waals surface area (Å²) in [5.74, 6) is 0.571. The van der Waals surface area contributed by atoms with Crippen LogP contribution in [0.5, 0.6) is 0 Å². The average Bonchev–Trinajstić information content (AvgIpc) is 2.79. The van der Waals surface area contributed by atoms with Crippen molar-refractivity contribution in [3.63, 3.8) is 0 Å². The Hall–Kier alpha value is -2.44. The molecule has 2 aromatic heterocycles. The van der Waals surface area contributed by atoms with E-state index in [0.717, 1.165) is 6.54 Å². The van der Waals surface area contributed by atoms with Crippen LogP contribution in [0.15, 0.2) is 24.7 Å². The molecule has 0 aliphatic heterocycles. The molecule has 1 amide bonds. The van der Waals surface area contributed by atoms with Gasteiger partial charge in [0.1, 0.15) is 0 Å². The molecule has 2 rings (SSSR count). The first-order valence-electron chi connectivity index (χ1n) is 5.12. The van der Waals surface area contributed by atoms with Crippen molar-refractivity contribution < 1.29 is 4.79 Å². The Labute approximate surface area is 97.7 Å². The summed E-state index contributed by atoms with van der Waals surface area (Å²) >= 11 is 0. The van der Waals surface area contributed by atoms with E-state index in [1.807, 2.05) is 6.92 Å². The van der Waals surface area contributed by atoms with E-state index in [1.165, 1.54) is 17.1 Å². The van der Waals surface area contributed by atoms with Crippen LogP contribution < -0.4 is 11.1 Å². The Morgan fingerprint density at radius 3 is 3.06 bits per heavy atom. The van der Waals surface area contributed by atoms with Gasteiger partial charge >= 0.3 is 0 Å². The van der Waals surface area contributed by atoms with E-state index in [9.17, 15) is 4.79 Å². The summed E-state index contributed by atoms with van der Waals surface area (Å²) in [6, 6.07) is 1.69. The smallest absolute Gasteiger partial charge is 0.251 e. The highest BCUT2D eigenvalue weighted by Gasteiger charge is 2.06. The Balaban J connectivity index is 2.31. The van der Waals surface area contributed by atoms with E-state index in [-0.39, 0.29) is 0 Å². The maximum atomic E-state index is 10.9. The summed E-state index contributed by atoms with van der Waals surface area (Å²) in [5, 5.41) is 7.00. The first kappa shape index (κ1) is 11.1. The molecule has 2 heterocycles. The number of carbonyl (C=O) groups excluding carboxylic acids is 1. The third kappa shape index (κ3) is 2.39. The molecular weight excluding hydrogens is 220 g/mol. The minimum absolute atomic E-state index is 0.341. The molecule has 7 nitrogen and oxygen atoms in total. The molecule has 0 spiro atoms. The van der Waals surface area contributed by atoms with Gasteiger partial charge in [0, 0.05) is 25.0 Å². The summed E-state index contributed by atoms with van der Waals surface area (Å²) < 4.78 is 1.47. The fourth-order valence-electron chi connectivity index (χ4n) is 1.30. The Morgan fingerprint density at radius 2 is 2.41 bits per heavy atom. The number of carbonyl (C=O) groups is 1. The van der Waals surface area contributed by atoms with Crippen molar-refractivity contribution in [1.82, 2.24) is 19.7 Å². The monoisotopic (exact) mass is 232 g/mol. The lowest BCUT2D eigenvalue weighted by atomic mass is 10.3. The van der Waals surface area contributed by atoms with Crippen molar-refractivity contribution >= 4 is 11.9 Å². The van der Waals surface area contributed by atoms with Crippen LogP contribution >= 0.6 is 0 Å². The number of nitrogens with one attached hydrogen (secondary N) is 1. The largest absolute Gasteiger partial charge is 0.366 e. The Kier molecular flexibility index (Phi) is 2.99. The van der Waals surface area contributed by atoms with Gasteiger partial charge in [-0.3, -0.25) is 4.79 Å². The molecule has 0 atom stereocenters. The topological polar surface area (TPSA) is 98.7 Å². The van der Waals surface area contributed by atoms with Crippen LogP contribution in [0.4, 0.5) is 5.95 Å². The van der Waals surface area contributed by atoms with Crippen LogP contribution in [-0.2, 0) is 0 Å². The second kappa shape index (κ2) is 4.60. The quantitative estimate of drug-likeness (QED) is 0.784. The van der Waals surface area contributed by atoms with Crippen molar-refractivity contribution in [2.75, 3.05) is 11.9 Å². The first-order chi connectivity index (χ1) is 8.20. The fraction of sp³-hybridized carbons (Fsp3) is 0.200. The first-order valence-corrected chi connectivity index (χ1v) is 5.12. The predicted molar refractivity (Wildman–Crippen MR) is 61.8 cm³/mol. The molecule has 0 saturated carbocycles. The van der Waals surface area contributed by atoms with Gasteiger partial charge in [0.15, 0.2) is 5.82 Å². The molecule has 17 heavy (non-hydrogen) atoms. The van der Waals surface area contributed by atoms with E-state index in [0.29, 0.717) is 17.3 Å². The third-order valence-corrected chi connectivity index (χ3v) is 2.08. The maximum Gasteiger partial charge on any atom is 0.251 e. The molecule has 0 bridgehead atoms. The second-order valence-electron chi connectivity index (χ2n) is 3.31. The molecule has 2 aromatic rings. The summed E-state index contributed by atoms with van der Waals surface area (Å²) in [4.78, 5) is 19.2. The number of nitrogens with zero attached hydrogens (tertiary/aromatic N) is 4. The normalized spacial score (nSPS) is 10.2. The summed E-state index contributed by atoms with van der Waals surface area (Å²) in [5.41, 5.74) is 5.49. The van der Waals surface area contributed by atoms with Crippen molar-refractivity contribution in [1.29, 1.82) is 0 Å². The summed E-state index contributed by atoms with van der Waals surface area (Å²) in [6.45, 7) is 2.68. The van der Waals surface area contributed by atoms with Crippen molar-refractivity contribution in [3.8, 4) is 5.82 Å². The molecule has 3 N–H and O–H groups in total. The van der Waals surface area contributed by atoms with E-state index in [4.69, 9.17) is 5.73 Å². The number of amides is 1. The van der Waals surface area contributed by atoms with E-state index < -0.39 is 5.91 Å². The van der Waals surface area contributed by atoms with Crippen molar-refractivity contribution in [3.05, 3.63) is 30.2 Å². The standard InChI is InChI=1S/C10H12N6O/c1-2-12-10-13-4-3-8(15-10)16-6-7(5-14-16)9(11)17/h3-6H,2H2,1H3,(H2,11,17)(H,12,13,15). The fourth-order valence-corrected chi connectivity index (χ4v) is 1.30. The molecular formula is C10H12N6O. The van der Waals surface area contributed by atoms with Gasteiger partial charge in [-0.1, -0.05) is 0 Å². The SMILES string of the molecule is CCNc1nccc(-n2cc(C(N)=O)cn2)n1. The van der Waals surface area contributed by atoms with Crippen LogP contribution in [-0.4, -0.2) is 32.2 Å². The molecule has 0 aliphatic carbocycles. The van der Waals surface area contributed by atoms with Crippen LogP contribution in [0.25, 0.3) is 5.82 Å². The molecule has 0 aromatic carbocycles. The number of rotatable bonds is 4. The second-order valence-corrected chi connectivity index (χ2v) is 3.31. The number of aromatic nitrogens is 4. The minimum Gasteiger partial charge on any atom is -0.366 e. The number of hydrogen-bond donors (Lipinski definition) is 2. The van der Waals surface area contributed by atoms with E-state index in [2.05, 4.69) is 20.4 Å². The third-order valence-electron chi connectivity index (χ3n) is 2.08. The number of nitrogens with two attached hydrogens (primary N) is 1. The predicted octanol–water partition coefficient (Wildman–Crippen LogP) is 0.193. The Bertz CT molecular complexity index is 535. The molecule has 88 valence electrons. The van der Waals surface area contributed by atoms with Gasteiger partial charge in [-0.05, 0) is 6.92 Å². The molecule has 7 heteroatoms. The molecule has 0 radical (unpaired) electrons. The highest BCUT2D eigenvalue weighted by molar-refractivity contribution is 5.92. The highest BCUT2D eigenvalue weighted by atomic mass is 16.1. The lowest BCUT2D eigenvalue weighted by Crippen LogP contribution is -2.09. The van der Waals surface area contributed by atoms with Gasteiger partial charge in [0.25, 0.3) is 5.91 Å². The van der Waals surface area contributed by atoms with Gasteiger partial charge in [-0.2, -0.15) is 10.1 Å². The van der Waals surface area contributed by atoms with Crippen LogP contribution in [0.2, 0.25) is 0 Å². The van der Waals surface area contributed by atoms with Gasteiger partial charge in [-0.25, -0.2) is 9.67 Å². The average molecular weight is 232 g/mol. The number of anilines is 1. The zero-order chi connectivity index (χ0) is 12.3. The number of primary amides is 1. The maximum absolute atomic E-state index is 10.9. The molecule has 0 aliphatic rings. The van der Waals surface area contributed by atoms with Gasteiger partial charge in [-0.15, -0.1) is 0 Å². The van der Waals surface area contributed by atoms with Crippen LogP contribution in [0.1, 0.15) is 17.3 Å².